The molecule has 0 saturated carbocycles. The molecule has 4 heteroatoms. The van der Waals surface area contributed by atoms with Crippen molar-refractivity contribution in [2.45, 2.75) is 264 Å². The van der Waals surface area contributed by atoms with Crippen molar-refractivity contribution in [2.24, 2.45) is 0 Å². The molecule has 0 aliphatic carbocycles. The molecule has 0 bridgehead atoms. The number of amides is 1. The number of rotatable bonds is 50. The Morgan fingerprint density at radius 3 is 1.04 bits per heavy atom. The molecule has 0 saturated heterocycles. The van der Waals surface area contributed by atoms with Crippen molar-refractivity contribution in [1.82, 2.24) is 5.32 Å². The first-order valence-corrected chi connectivity index (χ1v) is 28.2. The Kier molecular flexibility index (Phi) is 54.4. The van der Waals surface area contributed by atoms with E-state index in [-0.39, 0.29) is 12.5 Å². The normalized spacial score (nSPS) is 13.8. The van der Waals surface area contributed by atoms with Gasteiger partial charge in [-0.3, -0.25) is 4.79 Å². The van der Waals surface area contributed by atoms with E-state index >= 15 is 0 Å². The molecular weight excluding hydrogens is 819 g/mol. The largest absolute Gasteiger partial charge is 0.394 e. The van der Waals surface area contributed by atoms with Crippen LogP contribution in [0.25, 0.3) is 0 Å². The van der Waals surface area contributed by atoms with Gasteiger partial charge in [0.1, 0.15) is 0 Å². The number of nitrogens with one attached hydrogen (secondary N) is 1. The number of aliphatic hydroxyl groups is 2. The summed E-state index contributed by atoms with van der Waals surface area (Å²) in [6, 6.07) is -0.674. The number of carbonyl (C=O) groups excluding carboxylic acids is 1. The van der Waals surface area contributed by atoms with Crippen LogP contribution in [0.5, 0.6) is 0 Å². The minimum atomic E-state index is -0.895. The zero-order valence-corrected chi connectivity index (χ0v) is 43.9. The van der Waals surface area contributed by atoms with Crippen molar-refractivity contribution >= 4 is 5.91 Å². The fraction of sp³-hybridized carbons (Fsp3) is 0.667. The Balaban J connectivity index is 3.68. The Bertz CT molecular complexity index is 1330. The highest BCUT2D eigenvalue weighted by molar-refractivity contribution is 5.76. The zero-order chi connectivity index (χ0) is 48.5. The lowest BCUT2D eigenvalue weighted by Crippen LogP contribution is -2.45. The second-order valence-corrected chi connectivity index (χ2v) is 18.6. The van der Waals surface area contributed by atoms with Gasteiger partial charge in [0.15, 0.2) is 0 Å². The third-order valence-corrected chi connectivity index (χ3v) is 12.2. The maximum absolute atomic E-state index is 12.5. The monoisotopic (exact) mass is 926 g/mol. The van der Waals surface area contributed by atoms with E-state index < -0.39 is 12.1 Å². The fourth-order valence-electron chi connectivity index (χ4n) is 7.90. The lowest BCUT2D eigenvalue weighted by atomic mass is 10.0. The molecule has 1 amide bonds. The quantitative estimate of drug-likeness (QED) is 0.0421. The Morgan fingerprint density at radius 2 is 0.672 bits per heavy atom. The summed E-state index contributed by atoms with van der Waals surface area (Å²) in [5.41, 5.74) is 0. The third kappa shape index (κ3) is 53.6. The van der Waals surface area contributed by atoms with Gasteiger partial charge in [0.05, 0.1) is 18.8 Å². The van der Waals surface area contributed by atoms with Crippen LogP contribution < -0.4 is 5.32 Å². The smallest absolute Gasteiger partial charge is 0.220 e. The lowest BCUT2D eigenvalue weighted by molar-refractivity contribution is -0.123. The summed E-state index contributed by atoms with van der Waals surface area (Å²) in [4.78, 5) is 12.5. The van der Waals surface area contributed by atoms with Gasteiger partial charge in [-0.2, -0.15) is 0 Å². The maximum Gasteiger partial charge on any atom is 0.220 e. The minimum absolute atomic E-state index is 0.114. The van der Waals surface area contributed by atoms with Gasteiger partial charge in [-0.25, -0.2) is 0 Å². The van der Waals surface area contributed by atoms with Crippen LogP contribution in [0.1, 0.15) is 251 Å². The van der Waals surface area contributed by atoms with Crippen LogP contribution in [0.2, 0.25) is 0 Å². The summed E-state index contributed by atoms with van der Waals surface area (Å²) in [6.07, 6.45) is 87.9. The standard InChI is InChI=1S/C63H107NO3/c1-3-5-7-9-11-13-15-17-19-21-23-25-27-29-30-31-32-33-35-36-38-40-42-44-46-48-50-52-54-56-58-62(66)61(60-65)64-63(67)59-57-55-53-51-49-47-45-43-41-39-37-34-28-26-24-22-20-18-16-14-12-10-8-6-4-2/h6,8,12,14,18,20,24,26,34,37,40-43,47-50,56,58,61-62,65-66H,3-5,7,9-11,13,15-17,19,21-23,25,27-33,35-36,38-39,44-46,51-55,57,59-60H2,1-2H3,(H,64,67)/b8-6-,14-12-,20-18-,26-24-,37-34-,42-40+,43-41-,49-47-,50-48+,58-56+. The molecule has 2 unspecified atom stereocenters. The second-order valence-electron chi connectivity index (χ2n) is 18.6. The van der Waals surface area contributed by atoms with Gasteiger partial charge >= 0.3 is 0 Å². The van der Waals surface area contributed by atoms with Crippen LogP contribution in [0.4, 0.5) is 0 Å². The number of aliphatic hydroxyl groups excluding tert-OH is 2. The van der Waals surface area contributed by atoms with Crippen molar-refractivity contribution < 1.29 is 15.0 Å². The first-order chi connectivity index (χ1) is 33.2. The van der Waals surface area contributed by atoms with Crippen LogP contribution in [0.15, 0.2) is 122 Å². The molecule has 0 fully saturated rings. The molecule has 0 heterocycles. The predicted octanol–water partition coefficient (Wildman–Crippen LogP) is 18.9. The highest BCUT2D eigenvalue weighted by Crippen LogP contribution is 2.15. The molecule has 0 aromatic carbocycles. The number of unbranched alkanes of at least 4 members (excludes halogenated alkanes) is 25. The number of carbonyl (C=O) groups is 1. The van der Waals surface area contributed by atoms with Crippen LogP contribution in [0, 0.1) is 0 Å². The summed E-state index contributed by atoms with van der Waals surface area (Å²) in [5, 5.41) is 23.1. The van der Waals surface area contributed by atoms with Gasteiger partial charge in [-0.1, -0.05) is 264 Å². The van der Waals surface area contributed by atoms with E-state index in [2.05, 4.69) is 129 Å². The van der Waals surface area contributed by atoms with Crippen molar-refractivity contribution in [2.75, 3.05) is 6.61 Å². The molecule has 0 aromatic heterocycles. The molecule has 0 aliphatic heterocycles. The lowest BCUT2D eigenvalue weighted by Gasteiger charge is -2.19. The molecule has 382 valence electrons. The Labute approximate surface area is 416 Å². The Hall–Kier alpha value is -3.21. The minimum Gasteiger partial charge on any atom is -0.394 e. The summed E-state index contributed by atoms with van der Waals surface area (Å²) in [6.45, 7) is 4.17. The van der Waals surface area contributed by atoms with E-state index in [1.54, 1.807) is 6.08 Å². The molecule has 3 N–H and O–H groups in total. The molecule has 0 rings (SSSR count). The average molecular weight is 927 g/mol. The number of hydrogen-bond acceptors (Lipinski definition) is 3. The summed E-state index contributed by atoms with van der Waals surface area (Å²) in [5.74, 6) is -0.114. The van der Waals surface area contributed by atoms with Crippen LogP contribution >= 0.6 is 0 Å². The number of allylic oxidation sites excluding steroid dienone is 19. The molecule has 0 aromatic rings. The van der Waals surface area contributed by atoms with E-state index in [0.29, 0.717) is 6.42 Å². The molecule has 67 heavy (non-hydrogen) atoms. The van der Waals surface area contributed by atoms with Crippen LogP contribution in [0.3, 0.4) is 0 Å². The molecule has 4 nitrogen and oxygen atoms in total. The van der Waals surface area contributed by atoms with Crippen molar-refractivity contribution in [3.63, 3.8) is 0 Å². The van der Waals surface area contributed by atoms with Crippen molar-refractivity contribution in [3.05, 3.63) is 122 Å². The fourth-order valence-corrected chi connectivity index (χ4v) is 7.90. The van der Waals surface area contributed by atoms with E-state index in [4.69, 9.17) is 0 Å². The predicted molar refractivity (Wildman–Crippen MR) is 299 cm³/mol. The highest BCUT2D eigenvalue weighted by Gasteiger charge is 2.17. The average Bonchev–Trinajstić information content (AvgIpc) is 3.33. The molecule has 2 atom stereocenters. The Morgan fingerprint density at radius 1 is 0.373 bits per heavy atom. The zero-order valence-electron chi connectivity index (χ0n) is 43.9. The first-order valence-electron chi connectivity index (χ1n) is 28.2. The number of hydrogen-bond donors (Lipinski definition) is 3. The van der Waals surface area contributed by atoms with Crippen LogP contribution in [-0.4, -0.2) is 34.9 Å². The molecular formula is C63H107NO3. The summed E-state index contributed by atoms with van der Waals surface area (Å²) < 4.78 is 0. The van der Waals surface area contributed by atoms with Gasteiger partial charge in [0.2, 0.25) is 5.91 Å². The molecule has 0 spiro atoms. The van der Waals surface area contributed by atoms with Crippen molar-refractivity contribution in [1.29, 1.82) is 0 Å². The van der Waals surface area contributed by atoms with Gasteiger partial charge in [-0.05, 0) is 103 Å². The first kappa shape index (κ1) is 63.8. The topological polar surface area (TPSA) is 69.6 Å². The summed E-state index contributed by atoms with van der Waals surface area (Å²) >= 11 is 0. The maximum atomic E-state index is 12.5. The highest BCUT2D eigenvalue weighted by atomic mass is 16.3. The van der Waals surface area contributed by atoms with E-state index in [1.807, 2.05) is 6.08 Å². The SMILES string of the molecule is CC/C=C\C/C=C\C/C=C\C/C=C\C/C=C\C/C=C\C/C=C\CCCCCC(=O)NC(CO)C(O)/C=C/CC/C=C/CC/C=C/CCCCCCCCCCCCCCCCCCCCCC. The van der Waals surface area contributed by atoms with Gasteiger partial charge in [-0.15, -0.1) is 0 Å². The van der Waals surface area contributed by atoms with Crippen molar-refractivity contribution in [3.8, 4) is 0 Å². The molecule has 0 aliphatic rings. The summed E-state index contributed by atoms with van der Waals surface area (Å²) in [7, 11) is 0. The second kappa shape index (κ2) is 57.1. The van der Waals surface area contributed by atoms with Gasteiger partial charge in [0, 0.05) is 6.42 Å². The van der Waals surface area contributed by atoms with E-state index in [0.717, 1.165) is 96.3 Å². The van der Waals surface area contributed by atoms with E-state index in [1.165, 1.54) is 135 Å². The van der Waals surface area contributed by atoms with Gasteiger partial charge < -0.3 is 15.5 Å². The van der Waals surface area contributed by atoms with E-state index in [9.17, 15) is 15.0 Å². The molecule has 0 radical (unpaired) electrons. The van der Waals surface area contributed by atoms with Crippen LogP contribution in [-0.2, 0) is 4.79 Å². The third-order valence-electron chi connectivity index (χ3n) is 12.2. The van der Waals surface area contributed by atoms with Gasteiger partial charge in [0.25, 0.3) is 0 Å².